The first-order chi connectivity index (χ1) is 6.77. The van der Waals surface area contributed by atoms with Gasteiger partial charge in [0, 0.05) is 12.1 Å². The Hall–Kier alpha value is -0.610. The van der Waals surface area contributed by atoms with Crippen LogP contribution in [0.1, 0.15) is 12.5 Å². The minimum Gasteiger partial charge on any atom is -0.284 e. The standard InChI is InChI=1S/C10H15ClN2O/c1-3-14-13(12-2)8-9-6-4-5-7-10(9)11/h4-7,12H,3,8H2,1-2H3. The fourth-order valence-corrected chi connectivity index (χ4v) is 1.32. The van der Waals surface area contributed by atoms with Crippen LogP contribution in [0.15, 0.2) is 24.3 Å². The van der Waals surface area contributed by atoms with Crippen molar-refractivity contribution in [2.75, 3.05) is 13.7 Å². The number of halogens is 1. The van der Waals surface area contributed by atoms with Gasteiger partial charge in [-0.2, -0.15) is 0 Å². The Labute approximate surface area is 89.5 Å². The largest absolute Gasteiger partial charge is 0.284 e. The van der Waals surface area contributed by atoms with Gasteiger partial charge in [-0.05, 0) is 18.6 Å². The molecule has 4 heteroatoms. The van der Waals surface area contributed by atoms with Crippen molar-refractivity contribution in [1.29, 1.82) is 0 Å². The molecular formula is C10H15ClN2O. The van der Waals surface area contributed by atoms with E-state index in [1.54, 1.807) is 5.17 Å². The van der Waals surface area contributed by atoms with Crippen LogP contribution < -0.4 is 5.43 Å². The molecule has 0 saturated heterocycles. The predicted molar refractivity (Wildman–Crippen MR) is 57.7 cm³/mol. The Morgan fingerprint density at radius 1 is 1.43 bits per heavy atom. The zero-order chi connectivity index (χ0) is 10.4. The number of benzene rings is 1. The molecule has 78 valence electrons. The van der Waals surface area contributed by atoms with Gasteiger partial charge in [-0.3, -0.25) is 4.84 Å². The van der Waals surface area contributed by atoms with E-state index in [-0.39, 0.29) is 0 Å². The van der Waals surface area contributed by atoms with E-state index in [0.29, 0.717) is 13.2 Å². The highest BCUT2D eigenvalue weighted by Gasteiger charge is 2.05. The van der Waals surface area contributed by atoms with Crippen molar-refractivity contribution in [1.82, 2.24) is 10.6 Å². The Bertz CT molecular complexity index is 281. The summed E-state index contributed by atoms with van der Waals surface area (Å²) in [6.45, 7) is 3.20. The predicted octanol–water partition coefficient (Wildman–Crippen LogP) is 2.23. The average molecular weight is 215 g/mol. The maximum Gasteiger partial charge on any atom is 0.0673 e. The Kier molecular flexibility index (Phi) is 4.90. The van der Waals surface area contributed by atoms with E-state index in [2.05, 4.69) is 5.43 Å². The number of hydrazine groups is 1. The normalized spacial score (nSPS) is 10.9. The summed E-state index contributed by atoms with van der Waals surface area (Å²) in [7, 11) is 1.81. The summed E-state index contributed by atoms with van der Waals surface area (Å²) in [6.07, 6.45) is 0. The second kappa shape index (κ2) is 5.98. The van der Waals surface area contributed by atoms with Crippen molar-refractivity contribution in [2.45, 2.75) is 13.5 Å². The highest BCUT2D eigenvalue weighted by molar-refractivity contribution is 6.31. The second-order valence-electron chi connectivity index (χ2n) is 2.77. The van der Waals surface area contributed by atoms with Crippen molar-refractivity contribution in [3.63, 3.8) is 0 Å². The van der Waals surface area contributed by atoms with E-state index in [4.69, 9.17) is 16.4 Å². The molecule has 0 aliphatic heterocycles. The van der Waals surface area contributed by atoms with Crippen LogP contribution in [0.25, 0.3) is 0 Å². The maximum absolute atomic E-state index is 6.02. The van der Waals surface area contributed by atoms with Crippen molar-refractivity contribution in [3.8, 4) is 0 Å². The third kappa shape index (κ3) is 3.27. The molecule has 0 aliphatic rings. The molecule has 0 heterocycles. The molecular weight excluding hydrogens is 200 g/mol. The van der Waals surface area contributed by atoms with Crippen molar-refractivity contribution < 1.29 is 4.84 Å². The topological polar surface area (TPSA) is 24.5 Å². The number of hydrogen-bond acceptors (Lipinski definition) is 3. The minimum atomic E-state index is 0.629. The summed E-state index contributed by atoms with van der Waals surface area (Å²) in [5, 5.41) is 2.41. The molecule has 1 aromatic carbocycles. The van der Waals surface area contributed by atoms with E-state index in [9.17, 15) is 0 Å². The lowest BCUT2D eigenvalue weighted by atomic mass is 10.2. The van der Waals surface area contributed by atoms with E-state index in [1.165, 1.54) is 0 Å². The zero-order valence-electron chi connectivity index (χ0n) is 8.46. The molecule has 0 amide bonds. The van der Waals surface area contributed by atoms with Crippen molar-refractivity contribution in [2.24, 2.45) is 0 Å². The van der Waals surface area contributed by atoms with Gasteiger partial charge in [0.25, 0.3) is 0 Å². The molecule has 0 fully saturated rings. The lowest BCUT2D eigenvalue weighted by Gasteiger charge is -2.19. The number of hydrogen-bond donors (Lipinski definition) is 1. The summed E-state index contributed by atoms with van der Waals surface area (Å²) in [6, 6.07) is 7.72. The highest BCUT2D eigenvalue weighted by Crippen LogP contribution is 2.16. The maximum atomic E-state index is 6.02. The van der Waals surface area contributed by atoms with Gasteiger partial charge in [-0.25, -0.2) is 5.43 Å². The highest BCUT2D eigenvalue weighted by atomic mass is 35.5. The van der Waals surface area contributed by atoms with Gasteiger partial charge in [0.1, 0.15) is 0 Å². The van der Waals surface area contributed by atoms with Crippen LogP contribution in [0.3, 0.4) is 0 Å². The van der Waals surface area contributed by atoms with E-state index >= 15 is 0 Å². The first kappa shape index (κ1) is 11.5. The molecule has 0 aliphatic carbocycles. The van der Waals surface area contributed by atoms with Gasteiger partial charge >= 0.3 is 0 Å². The molecule has 0 saturated carbocycles. The quantitative estimate of drug-likeness (QED) is 0.761. The molecule has 0 unspecified atom stereocenters. The number of rotatable bonds is 5. The van der Waals surface area contributed by atoms with Crippen molar-refractivity contribution in [3.05, 3.63) is 34.9 Å². The zero-order valence-corrected chi connectivity index (χ0v) is 9.21. The average Bonchev–Trinajstić information content (AvgIpc) is 2.20. The van der Waals surface area contributed by atoms with Crippen LogP contribution >= 0.6 is 11.6 Å². The van der Waals surface area contributed by atoms with Crippen LogP contribution in [0.4, 0.5) is 0 Å². The van der Waals surface area contributed by atoms with Crippen LogP contribution in [0.5, 0.6) is 0 Å². The summed E-state index contributed by atoms with van der Waals surface area (Å²) < 4.78 is 0. The molecule has 1 rings (SSSR count). The van der Waals surface area contributed by atoms with Crippen LogP contribution in [-0.4, -0.2) is 18.8 Å². The van der Waals surface area contributed by atoms with E-state index in [0.717, 1.165) is 10.6 Å². The van der Waals surface area contributed by atoms with Gasteiger partial charge in [0.05, 0.1) is 13.2 Å². The first-order valence-corrected chi connectivity index (χ1v) is 4.97. The van der Waals surface area contributed by atoms with E-state index < -0.39 is 0 Å². The molecule has 0 aromatic heterocycles. The fourth-order valence-electron chi connectivity index (χ4n) is 1.13. The third-order valence-corrected chi connectivity index (χ3v) is 2.17. The van der Waals surface area contributed by atoms with Crippen molar-refractivity contribution >= 4 is 11.6 Å². The first-order valence-electron chi connectivity index (χ1n) is 4.59. The molecule has 0 bridgehead atoms. The number of nitrogens with one attached hydrogen (secondary N) is 1. The van der Waals surface area contributed by atoms with Gasteiger partial charge in [-0.1, -0.05) is 29.8 Å². The summed E-state index contributed by atoms with van der Waals surface area (Å²) >= 11 is 6.02. The number of nitrogens with zero attached hydrogens (tertiary/aromatic N) is 1. The van der Waals surface area contributed by atoms with Crippen LogP contribution in [-0.2, 0) is 11.4 Å². The summed E-state index contributed by atoms with van der Waals surface area (Å²) in [5.74, 6) is 0. The molecule has 1 aromatic rings. The second-order valence-corrected chi connectivity index (χ2v) is 3.18. The van der Waals surface area contributed by atoms with Gasteiger partial charge < -0.3 is 0 Å². The smallest absolute Gasteiger partial charge is 0.0673 e. The Morgan fingerprint density at radius 3 is 2.71 bits per heavy atom. The van der Waals surface area contributed by atoms with Gasteiger partial charge in [-0.15, -0.1) is 5.17 Å². The summed E-state index contributed by atoms with van der Waals surface area (Å²) in [4.78, 5) is 5.31. The molecule has 14 heavy (non-hydrogen) atoms. The monoisotopic (exact) mass is 214 g/mol. The van der Waals surface area contributed by atoms with Gasteiger partial charge in [0.2, 0.25) is 0 Å². The molecule has 0 radical (unpaired) electrons. The van der Waals surface area contributed by atoms with Gasteiger partial charge in [0.15, 0.2) is 0 Å². The Morgan fingerprint density at radius 2 is 2.14 bits per heavy atom. The lowest BCUT2D eigenvalue weighted by Crippen LogP contribution is -2.34. The SMILES string of the molecule is CCON(Cc1ccccc1Cl)NC. The minimum absolute atomic E-state index is 0.629. The number of hydroxylamine groups is 1. The van der Waals surface area contributed by atoms with Crippen LogP contribution in [0, 0.1) is 0 Å². The molecule has 0 spiro atoms. The Balaban J connectivity index is 2.62. The molecule has 3 nitrogen and oxygen atoms in total. The molecule has 1 N–H and O–H groups in total. The third-order valence-electron chi connectivity index (χ3n) is 1.81. The lowest BCUT2D eigenvalue weighted by molar-refractivity contribution is -0.194. The van der Waals surface area contributed by atoms with Crippen LogP contribution in [0.2, 0.25) is 5.02 Å². The van der Waals surface area contributed by atoms with E-state index in [1.807, 2.05) is 38.2 Å². The summed E-state index contributed by atoms with van der Waals surface area (Å²) in [5.41, 5.74) is 3.97. The molecule has 0 atom stereocenters. The fraction of sp³-hybridized carbons (Fsp3) is 0.400.